The number of ether oxygens (including phenoxy) is 1. The zero-order valence-corrected chi connectivity index (χ0v) is 22.7. The minimum absolute atomic E-state index is 0.128. The Balaban J connectivity index is 1.65. The van der Waals surface area contributed by atoms with Crippen molar-refractivity contribution in [3.63, 3.8) is 0 Å². The molecular formula is C28H23Cl2F3N4O3. The van der Waals surface area contributed by atoms with Gasteiger partial charge in [0.15, 0.2) is 0 Å². The van der Waals surface area contributed by atoms with Crippen LogP contribution in [-0.4, -0.2) is 43.7 Å². The third-order valence-electron chi connectivity index (χ3n) is 6.47. The van der Waals surface area contributed by atoms with Crippen molar-refractivity contribution in [1.29, 1.82) is 0 Å². The van der Waals surface area contributed by atoms with E-state index in [-0.39, 0.29) is 12.3 Å². The first-order valence-electron chi connectivity index (χ1n) is 12.2. The smallest absolute Gasteiger partial charge is 0.423 e. The monoisotopic (exact) mass is 590 g/mol. The summed E-state index contributed by atoms with van der Waals surface area (Å²) in [5.41, 5.74) is 2.51. The van der Waals surface area contributed by atoms with Gasteiger partial charge in [-0.3, -0.25) is 4.79 Å². The lowest BCUT2D eigenvalue weighted by molar-refractivity contribution is -0.205. The van der Waals surface area contributed by atoms with Crippen molar-refractivity contribution in [2.75, 3.05) is 0 Å². The van der Waals surface area contributed by atoms with Crippen LogP contribution < -0.4 is 10.1 Å². The Morgan fingerprint density at radius 1 is 1.15 bits per heavy atom. The number of aliphatic hydroxyl groups is 1. The maximum Gasteiger partial charge on any atom is 0.423 e. The van der Waals surface area contributed by atoms with Gasteiger partial charge in [0, 0.05) is 40.5 Å². The summed E-state index contributed by atoms with van der Waals surface area (Å²) in [5, 5.41) is 17.0. The number of hydrogen-bond donors (Lipinski definition) is 2. The Morgan fingerprint density at radius 3 is 2.50 bits per heavy atom. The number of nitrogens with zero attached hydrogens (tertiary/aromatic N) is 3. The summed E-state index contributed by atoms with van der Waals surface area (Å²) >= 11 is 12.9. The van der Waals surface area contributed by atoms with Crippen LogP contribution in [0.15, 0.2) is 67.0 Å². The summed E-state index contributed by atoms with van der Waals surface area (Å²) in [6.07, 6.45) is -4.72. The zero-order valence-electron chi connectivity index (χ0n) is 21.2. The van der Waals surface area contributed by atoms with E-state index in [0.29, 0.717) is 38.0 Å². The van der Waals surface area contributed by atoms with Crippen LogP contribution in [0.5, 0.6) is 5.88 Å². The molecule has 0 saturated carbocycles. The molecule has 40 heavy (non-hydrogen) atoms. The van der Waals surface area contributed by atoms with Crippen molar-refractivity contribution in [3.8, 4) is 34.0 Å². The van der Waals surface area contributed by atoms with Gasteiger partial charge in [-0.25, -0.2) is 9.67 Å². The van der Waals surface area contributed by atoms with Crippen LogP contribution in [0.2, 0.25) is 10.0 Å². The third kappa shape index (κ3) is 5.65. The number of amides is 1. The highest BCUT2D eigenvalue weighted by atomic mass is 35.5. The summed E-state index contributed by atoms with van der Waals surface area (Å²) in [6.45, 7) is 3.46. The van der Waals surface area contributed by atoms with E-state index in [1.165, 1.54) is 0 Å². The summed E-state index contributed by atoms with van der Waals surface area (Å²) in [5.74, 6) is -1.43. The number of halogens is 5. The Bertz CT molecular complexity index is 1560. The van der Waals surface area contributed by atoms with Crippen LogP contribution in [-0.2, 0) is 4.79 Å². The van der Waals surface area contributed by atoms with Crippen molar-refractivity contribution in [3.05, 3.63) is 82.6 Å². The number of carbonyl (C=O) groups excluding carboxylic acids is 1. The van der Waals surface area contributed by atoms with Gasteiger partial charge in [-0.05, 0) is 61.9 Å². The lowest BCUT2D eigenvalue weighted by Crippen LogP contribution is -2.48. The quantitative estimate of drug-likeness (QED) is 0.275. The summed E-state index contributed by atoms with van der Waals surface area (Å²) in [4.78, 5) is 17.1. The van der Waals surface area contributed by atoms with E-state index in [0.717, 1.165) is 5.69 Å². The molecule has 2 aromatic heterocycles. The number of benzene rings is 2. The van der Waals surface area contributed by atoms with Gasteiger partial charge in [-0.2, -0.15) is 18.3 Å². The molecule has 4 aromatic rings. The number of rotatable bonds is 5. The normalized spacial score (nSPS) is 17.1. The van der Waals surface area contributed by atoms with Gasteiger partial charge in [-0.1, -0.05) is 35.3 Å². The molecule has 5 rings (SSSR count). The molecule has 0 fully saturated rings. The van der Waals surface area contributed by atoms with Crippen molar-refractivity contribution >= 4 is 29.1 Å². The SMILES string of the molecule is CC1(C)C[C@@H](NC(=O)[C@H](O)C(F)(F)F)c2cc(-c3ccc(Cl)cc3)c(-c3ccc(-n4cccn4)cc3Cl)nc2O1. The maximum atomic E-state index is 13.0. The van der Waals surface area contributed by atoms with Gasteiger partial charge in [0.25, 0.3) is 5.91 Å². The number of aromatic nitrogens is 3. The van der Waals surface area contributed by atoms with Crippen LogP contribution >= 0.6 is 23.2 Å². The van der Waals surface area contributed by atoms with E-state index in [9.17, 15) is 23.1 Å². The van der Waals surface area contributed by atoms with E-state index < -0.39 is 29.8 Å². The molecule has 1 amide bonds. The number of fused-ring (bicyclic) bond motifs is 1. The minimum Gasteiger partial charge on any atom is -0.471 e. The van der Waals surface area contributed by atoms with Gasteiger partial charge < -0.3 is 15.2 Å². The lowest BCUT2D eigenvalue weighted by Gasteiger charge is -2.38. The van der Waals surface area contributed by atoms with Crippen LogP contribution in [0.1, 0.15) is 31.9 Å². The fraction of sp³-hybridized carbons (Fsp3) is 0.250. The van der Waals surface area contributed by atoms with Crippen molar-refractivity contribution < 1.29 is 27.8 Å². The molecule has 3 heterocycles. The standard InChI is InChI=1S/C28H23Cl2F3N4O3/c1-27(2)14-22(35-25(39)24(38)28(31,32)33)20-13-19(15-4-6-16(29)7-5-15)23(36-26(20)40-27)18-9-8-17(12-21(18)30)37-11-3-10-34-37/h3-13,22,24,38H,14H2,1-2H3,(H,35,39)/t22-,24+/m1/s1. The van der Waals surface area contributed by atoms with Crippen molar-refractivity contribution in [2.24, 2.45) is 0 Å². The molecule has 0 unspecified atom stereocenters. The zero-order chi connectivity index (χ0) is 28.8. The van der Waals surface area contributed by atoms with Gasteiger partial charge in [0.2, 0.25) is 12.0 Å². The molecule has 2 aromatic carbocycles. The molecule has 0 spiro atoms. The lowest BCUT2D eigenvalue weighted by atomic mass is 9.88. The highest BCUT2D eigenvalue weighted by Crippen LogP contribution is 2.45. The fourth-order valence-corrected chi connectivity index (χ4v) is 4.98. The molecule has 12 heteroatoms. The Kier molecular flexibility index (Phi) is 7.28. The molecule has 7 nitrogen and oxygen atoms in total. The topological polar surface area (TPSA) is 89.3 Å². The van der Waals surface area contributed by atoms with E-state index in [1.807, 2.05) is 6.07 Å². The van der Waals surface area contributed by atoms with E-state index >= 15 is 0 Å². The minimum atomic E-state index is -5.11. The molecule has 0 radical (unpaired) electrons. The summed E-state index contributed by atoms with van der Waals surface area (Å²) in [6, 6.07) is 14.9. The predicted octanol–water partition coefficient (Wildman–Crippen LogP) is 6.55. The second-order valence-corrected chi connectivity index (χ2v) is 10.8. The molecule has 0 aliphatic carbocycles. The number of nitrogens with one attached hydrogen (secondary N) is 1. The van der Waals surface area contributed by atoms with Crippen molar-refractivity contribution in [1.82, 2.24) is 20.1 Å². The molecule has 1 aliphatic heterocycles. The maximum absolute atomic E-state index is 13.0. The first-order chi connectivity index (χ1) is 18.8. The predicted molar refractivity (Wildman–Crippen MR) is 145 cm³/mol. The third-order valence-corrected chi connectivity index (χ3v) is 7.03. The van der Waals surface area contributed by atoms with Crippen LogP contribution in [0, 0.1) is 0 Å². The van der Waals surface area contributed by atoms with Gasteiger partial charge >= 0.3 is 6.18 Å². The van der Waals surface area contributed by atoms with Gasteiger partial charge in [0.05, 0.1) is 22.4 Å². The Morgan fingerprint density at radius 2 is 1.88 bits per heavy atom. The highest BCUT2D eigenvalue weighted by molar-refractivity contribution is 6.33. The molecule has 1 aliphatic rings. The molecular weight excluding hydrogens is 568 g/mol. The number of hydrogen-bond acceptors (Lipinski definition) is 5. The summed E-state index contributed by atoms with van der Waals surface area (Å²) < 4.78 is 46.9. The van der Waals surface area contributed by atoms with E-state index in [2.05, 4.69) is 10.4 Å². The molecule has 2 N–H and O–H groups in total. The van der Waals surface area contributed by atoms with Gasteiger partial charge in [0.1, 0.15) is 5.60 Å². The van der Waals surface area contributed by atoms with Crippen LogP contribution in [0.4, 0.5) is 13.2 Å². The highest BCUT2D eigenvalue weighted by Gasteiger charge is 2.45. The number of aliphatic hydroxyl groups excluding tert-OH is 1. The fourth-order valence-electron chi connectivity index (χ4n) is 4.59. The summed E-state index contributed by atoms with van der Waals surface area (Å²) in [7, 11) is 0. The van der Waals surface area contributed by atoms with E-state index in [4.69, 9.17) is 32.9 Å². The molecule has 2 atom stereocenters. The van der Waals surface area contributed by atoms with E-state index in [1.54, 1.807) is 79.5 Å². The van der Waals surface area contributed by atoms with Crippen LogP contribution in [0.25, 0.3) is 28.1 Å². The Labute approximate surface area is 237 Å². The number of pyridine rings is 1. The van der Waals surface area contributed by atoms with Gasteiger partial charge in [-0.15, -0.1) is 0 Å². The average molecular weight is 591 g/mol. The second-order valence-electron chi connectivity index (χ2n) is 9.97. The largest absolute Gasteiger partial charge is 0.471 e. The Hall–Kier alpha value is -3.60. The second kappa shape index (κ2) is 10.4. The van der Waals surface area contributed by atoms with Crippen LogP contribution in [0.3, 0.4) is 0 Å². The first-order valence-corrected chi connectivity index (χ1v) is 12.9. The van der Waals surface area contributed by atoms with Crippen molar-refractivity contribution in [2.45, 2.75) is 44.2 Å². The molecule has 0 saturated heterocycles. The number of carbonyl (C=O) groups is 1. The number of alkyl halides is 3. The first kappa shape index (κ1) is 27.9. The average Bonchev–Trinajstić information content (AvgIpc) is 3.42. The molecule has 208 valence electrons. The molecule has 0 bridgehead atoms.